The number of aromatic nitrogens is 1. The first kappa shape index (κ1) is 23.6. The van der Waals surface area contributed by atoms with Gasteiger partial charge in [0.25, 0.3) is 0 Å². The lowest BCUT2D eigenvalue weighted by Crippen LogP contribution is -2.50. The number of likely N-dealkylation sites (tertiary alicyclic amines) is 1. The molecule has 2 atom stereocenters. The lowest BCUT2D eigenvalue weighted by atomic mass is 9.72. The molecule has 3 fully saturated rings. The Morgan fingerprint density at radius 2 is 1.85 bits per heavy atom. The predicted octanol–water partition coefficient (Wildman–Crippen LogP) is 5.99. The molecule has 5 rings (SSSR count). The monoisotopic (exact) mass is 464 g/mol. The van der Waals surface area contributed by atoms with E-state index in [1.807, 2.05) is 0 Å². The Labute approximate surface area is 204 Å². The minimum atomic E-state index is -0.0151. The summed E-state index contributed by atoms with van der Waals surface area (Å²) >= 11 is 0. The summed E-state index contributed by atoms with van der Waals surface area (Å²) < 4.78 is 11.3. The summed E-state index contributed by atoms with van der Waals surface area (Å²) in [5.41, 5.74) is 2.18. The van der Waals surface area contributed by atoms with Crippen LogP contribution in [0.25, 0.3) is 10.9 Å². The van der Waals surface area contributed by atoms with E-state index >= 15 is 0 Å². The number of nitrogens with zero attached hydrogens (tertiary/aromatic N) is 2. The quantitative estimate of drug-likeness (QED) is 0.471. The van der Waals surface area contributed by atoms with Crippen LogP contribution >= 0.6 is 0 Å². The normalized spacial score (nSPS) is 28.4. The number of hydrogen-bond donors (Lipinski definition) is 0. The standard InChI is InChI=1S/C29H40N2O3/c1-3-20-7-11-26(12-8-20)34-27-13-14-28-22(16-27)9-10-25(30-28)19-31-17-24(18-31)21-5-4-6-23(15-21)29(32)33-2/h9-10,13-14,16,20-21,23-24,26H,3-8,11-12,15,17-19H2,1-2H3. The first-order chi connectivity index (χ1) is 16.6. The second kappa shape index (κ2) is 10.6. The maximum absolute atomic E-state index is 11.9. The van der Waals surface area contributed by atoms with Gasteiger partial charge in [-0.1, -0.05) is 32.3 Å². The van der Waals surface area contributed by atoms with Crippen LogP contribution in [0.4, 0.5) is 0 Å². The molecule has 5 nitrogen and oxygen atoms in total. The largest absolute Gasteiger partial charge is 0.490 e. The van der Waals surface area contributed by atoms with E-state index < -0.39 is 0 Å². The molecule has 0 N–H and O–H groups in total. The van der Waals surface area contributed by atoms with Gasteiger partial charge >= 0.3 is 5.97 Å². The van der Waals surface area contributed by atoms with Crippen LogP contribution in [0.15, 0.2) is 30.3 Å². The van der Waals surface area contributed by atoms with E-state index in [0.29, 0.717) is 17.9 Å². The van der Waals surface area contributed by atoms with Crippen molar-refractivity contribution in [3.05, 3.63) is 36.0 Å². The summed E-state index contributed by atoms with van der Waals surface area (Å²) in [6.07, 6.45) is 11.0. The third-order valence-corrected chi connectivity index (χ3v) is 8.68. The smallest absolute Gasteiger partial charge is 0.308 e. The zero-order valence-electron chi connectivity index (χ0n) is 20.9. The van der Waals surface area contributed by atoms with Gasteiger partial charge in [0.15, 0.2) is 0 Å². The molecular weight excluding hydrogens is 424 g/mol. The highest BCUT2D eigenvalue weighted by Crippen LogP contribution is 2.38. The van der Waals surface area contributed by atoms with Gasteiger partial charge in [0, 0.05) is 25.0 Å². The Morgan fingerprint density at radius 3 is 2.62 bits per heavy atom. The molecule has 2 heterocycles. The number of hydrogen-bond acceptors (Lipinski definition) is 5. The Kier molecular flexibility index (Phi) is 7.38. The lowest BCUT2D eigenvalue weighted by molar-refractivity contribution is -0.147. The Morgan fingerprint density at radius 1 is 1.03 bits per heavy atom. The van der Waals surface area contributed by atoms with E-state index in [9.17, 15) is 4.79 Å². The third kappa shape index (κ3) is 5.40. The van der Waals surface area contributed by atoms with Crippen LogP contribution in [-0.2, 0) is 16.1 Å². The summed E-state index contributed by atoms with van der Waals surface area (Å²) in [5.74, 6) is 3.33. The molecule has 0 bridgehead atoms. The topological polar surface area (TPSA) is 51.7 Å². The fourth-order valence-corrected chi connectivity index (χ4v) is 6.46. The molecule has 0 radical (unpaired) electrons. The fourth-order valence-electron chi connectivity index (χ4n) is 6.46. The summed E-state index contributed by atoms with van der Waals surface area (Å²) in [7, 11) is 1.51. The predicted molar refractivity (Wildman–Crippen MR) is 135 cm³/mol. The summed E-state index contributed by atoms with van der Waals surface area (Å²) in [4.78, 5) is 19.4. The van der Waals surface area contributed by atoms with E-state index in [4.69, 9.17) is 14.5 Å². The third-order valence-electron chi connectivity index (χ3n) is 8.68. The number of benzene rings is 1. The van der Waals surface area contributed by atoms with Crippen LogP contribution < -0.4 is 4.74 Å². The molecule has 0 amide bonds. The zero-order chi connectivity index (χ0) is 23.5. The molecule has 5 heteroatoms. The van der Waals surface area contributed by atoms with Crippen LogP contribution in [0.2, 0.25) is 0 Å². The van der Waals surface area contributed by atoms with E-state index in [-0.39, 0.29) is 11.9 Å². The molecule has 34 heavy (non-hydrogen) atoms. The van der Waals surface area contributed by atoms with Crippen LogP contribution in [0.1, 0.15) is 70.4 Å². The van der Waals surface area contributed by atoms with E-state index in [2.05, 4.69) is 42.2 Å². The second-order valence-electron chi connectivity index (χ2n) is 10.9. The van der Waals surface area contributed by atoms with Crippen molar-refractivity contribution in [2.45, 2.75) is 77.4 Å². The van der Waals surface area contributed by atoms with Gasteiger partial charge in [-0.3, -0.25) is 14.7 Å². The fraction of sp³-hybridized carbons (Fsp3) is 0.655. The van der Waals surface area contributed by atoms with Gasteiger partial charge in [-0.15, -0.1) is 0 Å². The molecule has 2 unspecified atom stereocenters. The maximum Gasteiger partial charge on any atom is 0.308 e. The van der Waals surface area contributed by atoms with Crippen LogP contribution in [-0.4, -0.2) is 42.2 Å². The first-order valence-corrected chi connectivity index (χ1v) is 13.5. The lowest BCUT2D eigenvalue weighted by Gasteiger charge is -2.45. The molecule has 1 aromatic carbocycles. The summed E-state index contributed by atoms with van der Waals surface area (Å²) in [6, 6.07) is 10.7. The number of pyridine rings is 1. The summed E-state index contributed by atoms with van der Waals surface area (Å²) in [6.45, 7) is 5.43. The van der Waals surface area contributed by atoms with Crippen molar-refractivity contribution >= 4 is 16.9 Å². The van der Waals surface area contributed by atoms with Crippen LogP contribution in [0, 0.1) is 23.7 Å². The molecule has 3 aliphatic rings. The number of ether oxygens (including phenoxy) is 2. The minimum Gasteiger partial charge on any atom is -0.490 e. The average Bonchev–Trinajstić information content (AvgIpc) is 2.86. The molecule has 2 saturated carbocycles. The molecule has 184 valence electrons. The van der Waals surface area contributed by atoms with Crippen molar-refractivity contribution in [1.29, 1.82) is 0 Å². The number of carbonyl (C=O) groups excluding carboxylic acids is 1. The van der Waals surface area contributed by atoms with Gasteiger partial charge in [-0.2, -0.15) is 0 Å². The molecular formula is C29H40N2O3. The molecule has 1 saturated heterocycles. The van der Waals surface area contributed by atoms with Crippen molar-refractivity contribution in [3.63, 3.8) is 0 Å². The molecule has 2 aliphatic carbocycles. The zero-order valence-corrected chi connectivity index (χ0v) is 20.9. The van der Waals surface area contributed by atoms with Crippen molar-refractivity contribution in [3.8, 4) is 5.75 Å². The maximum atomic E-state index is 11.9. The van der Waals surface area contributed by atoms with E-state index in [1.54, 1.807) is 0 Å². The highest BCUT2D eigenvalue weighted by atomic mass is 16.5. The van der Waals surface area contributed by atoms with Crippen LogP contribution in [0.3, 0.4) is 0 Å². The number of rotatable bonds is 7. The highest BCUT2D eigenvalue weighted by molar-refractivity contribution is 5.80. The van der Waals surface area contributed by atoms with E-state index in [1.165, 1.54) is 45.6 Å². The highest BCUT2D eigenvalue weighted by Gasteiger charge is 2.38. The van der Waals surface area contributed by atoms with Crippen molar-refractivity contribution in [1.82, 2.24) is 9.88 Å². The van der Waals surface area contributed by atoms with Gasteiger partial charge in [0.05, 0.1) is 30.3 Å². The number of carbonyl (C=O) groups is 1. The van der Waals surface area contributed by atoms with Gasteiger partial charge in [0.2, 0.25) is 0 Å². The van der Waals surface area contributed by atoms with Gasteiger partial charge < -0.3 is 9.47 Å². The average molecular weight is 465 g/mol. The Hall–Kier alpha value is -2.14. The molecule has 1 aromatic heterocycles. The Balaban J connectivity index is 1.12. The van der Waals surface area contributed by atoms with Crippen LogP contribution in [0.5, 0.6) is 5.75 Å². The van der Waals surface area contributed by atoms with Gasteiger partial charge in [-0.25, -0.2) is 0 Å². The van der Waals surface area contributed by atoms with Crippen molar-refractivity contribution in [2.24, 2.45) is 23.7 Å². The van der Waals surface area contributed by atoms with Gasteiger partial charge in [0.1, 0.15) is 5.75 Å². The van der Waals surface area contributed by atoms with Crippen molar-refractivity contribution < 1.29 is 14.3 Å². The van der Waals surface area contributed by atoms with Gasteiger partial charge in [-0.05, 0) is 80.5 Å². The number of methoxy groups -OCH3 is 1. The van der Waals surface area contributed by atoms with E-state index in [0.717, 1.165) is 67.2 Å². The number of fused-ring (bicyclic) bond motifs is 1. The second-order valence-corrected chi connectivity index (χ2v) is 10.9. The molecule has 1 aliphatic heterocycles. The molecule has 0 spiro atoms. The van der Waals surface area contributed by atoms with Crippen molar-refractivity contribution in [2.75, 3.05) is 20.2 Å². The first-order valence-electron chi connectivity index (χ1n) is 13.5. The molecule has 2 aromatic rings. The SMILES string of the molecule is CCC1CCC(Oc2ccc3nc(CN4CC(C5CCCC(C(=O)OC)C5)C4)ccc3c2)CC1. The Bertz CT molecular complexity index is 978. The number of esters is 1. The summed E-state index contributed by atoms with van der Waals surface area (Å²) in [5, 5.41) is 1.15. The minimum absolute atomic E-state index is 0.0151.